The van der Waals surface area contributed by atoms with E-state index in [2.05, 4.69) is 20.8 Å². The Balaban J connectivity index is 3.16. The van der Waals surface area contributed by atoms with E-state index in [4.69, 9.17) is 4.74 Å². The molecule has 3 atom stereocenters. The number of unbranched alkanes of at least 4 members (excludes halogenated alkanes) is 1. The van der Waals surface area contributed by atoms with Gasteiger partial charge in [0.15, 0.2) is 5.41 Å². The van der Waals surface area contributed by atoms with Crippen LogP contribution in [-0.2, 0) is 14.3 Å². The summed E-state index contributed by atoms with van der Waals surface area (Å²) in [6.07, 6.45) is 5.58. The Bertz CT molecular complexity index is 441. The largest absolute Gasteiger partial charge is 0.480 e. The average Bonchev–Trinajstić information content (AvgIpc) is 2.84. The fraction of sp³-hybridized carbons (Fsp3) is 0.900. The molecule has 4 nitrogen and oxygen atoms in total. The number of hydrogen-bond donors (Lipinski definition) is 1. The third-order valence-electron chi connectivity index (χ3n) is 5.71. The zero-order chi connectivity index (χ0) is 18.5. The van der Waals surface area contributed by atoms with Crippen LogP contribution in [0.5, 0.6) is 0 Å². The molecule has 0 aliphatic heterocycles. The summed E-state index contributed by atoms with van der Waals surface area (Å²) in [7, 11) is 0. The molecule has 1 aliphatic carbocycles. The Morgan fingerprint density at radius 3 is 2.33 bits per heavy atom. The van der Waals surface area contributed by atoms with Gasteiger partial charge in [0.2, 0.25) is 0 Å². The minimum absolute atomic E-state index is 0.125. The van der Waals surface area contributed by atoms with Crippen molar-refractivity contribution >= 4 is 11.9 Å². The van der Waals surface area contributed by atoms with Crippen molar-refractivity contribution in [2.24, 2.45) is 23.2 Å². The van der Waals surface area contributed by atoms with E-state index in [0.717, 1.165) is 38.5 Å². The molecule has 0 bridgehead atoms. The Kier molecular flexibility index (Phi) is 7.30. The summed E-state index contributed by atoms with van der Waals surface area (Å²) in [6.45, 7) is 12.2. The molecule has 1 fully saturated rings. The summed E-state index contributed by atoms with van der Waals surface area (Å²) < 4.78 is 5.75. The molecule has 0 radical (unpaired) electrons. The third-order valence-corrected chi connectivity index (χ3v) is 5.71. The maximum absolute atomic E-state index is 13.0. The van der Waals surface area contributed by atoms with Crippen LogP contribution < -0.4 is 0 Å². The maximum atomic E-state index is 13.0. The highest BCUT2D eigenvalue weighted by Crippen LogP contribution is 2.53. The fourth-order valence-corrected chi connectivity index (χ4v) is 4.43. The van der Waals surface area contributed by atoms with E-state index in [9.17, 15) is 14.7 Å². The lowest BCUT2D eigenvalue weighted by molar-refractivity contribution is -0.182. The highest BCUT2D eigenvalue weighted by Gasteiger charge is 2.60. The Labute approximate surface area is 147 Å². The van der Waals surface area contributed by atoms with Crippen molar-refractivity contribution in [3.05, 3.63) is 0 Å². The summed E-state index contributed by atoms with van der Waals surface area (Å²) in [6, 6.07) is 0. The maximum Gasteiger partial charge on any atom is 0.324 e. The van der Waals surface area contributed by atoms with E-state index in [1.165, 1.54) is 0 Å². The molecule has 0 amide bonds. The summed E-state index contributed by atoms with van der Waals surface area (Å²) in [4.78, 5) is 25.3. The van der Waals surface area contributed by atoms with Crippen molar-refractivity contribution < 1.29 is 19.4 Å². The second-order valence-electron chi connectivity index (χ2n) is 8.37. The van der Waals surface area contributed by atoms with Crippen LogP contribution in [0.25, 0.3) is 0 Å². The Morgan fingerprint density at radius 1 is 1.25 bits per heavy atom. The second kappa shape index (κ2) is 8.35. The van der Waals surface area contributed by atoms with Crippen LogP contribution in [-0.4, -0.2) is 22.6 Å². The number of carboxylic acids is 1. The Hall–Kier alpha value is -1.06. The van der Waals surface area contributed by atoms with Crippen LogP contribution in [0.15, 0.2) is 0 Å². The predicted octanol–water partition coefficient (Wildman–Crippen LogP) is 5.05. The molecule has 0 aromatic rings. The molecule has 0 heterocycles. The molecule has 1 rings (SSSR count). The molecular weight excluding hydrogens is 304 g/mol. The van der Waals surface area contributed by atoms with Crippen molar-refractivity contribution in [3.8, 4) is 0 Å². The van der Waals surface area contributed by atoms with E-state index in [1.54, 1.807) is 0 Å². The quantitative estimate of drug-likeness (QED) is 0.471. The summed E-state index contributed by atoms with van der Waals surface area (Å²) in [5.41, 5.74) is -1.98. The van der Waals surface area contributed by atoms with E-state index < -0.39 is 23.0 Å². The van der Waals surface area contributed by atoms with Crippen LogP contribution >= 0.6 is 0 Å². The zero-order valence-corrected chi connectivity index (χ0v) is 16.4. The number of rotatable bonds is 9. The van der Waals surface area contributed by atoms with Crippen molar-refractivity contribution in [1.82, 2.24) is 0 Å². The van der Waals surface area contributed by atoms with E-state index in [0.29, 0.717) is 12.3 Å². The smallest absolute Gasteiger partial charge is 0.324 e. The van der Waals surface area contributed by atoms with Gasteiger partial charge in [0.05, 0.1) is 0 Å². The number of hydrogen-bond acceptors (Lipinski definition) is 3. The highest BCUT2D eigenvalue weighted by atomic mass is 16.6. The van der Waals surface area contributed by atoms with Crippen molar-refractivity contribution in [2.75, 3.05) is 0 Å². The van der Waals surface area contributed by atoms with Crippen molar-refractivity contribution in [2.45, 2.75) is 92.1 Å². The van der Waals surface area contributed by atoms with Crippen LogP contribution in [0.2, 0.25) is 0 Å². The Morgan fingerprint density at radius 2 is 1.88 bits per heavy atom. The van der Waals surface area contributed by atoms with E-state index in [-0.39, 0.29) is 11.8 Å². The van der Waals surface area contributed by atoms with Gasteiger partial charge in [-0.1, -0.05) is 47.0 Å². The number of carboxylic acid groups (broad SMARTS) is 1. The first-order valence-corrected chi connectivity index (χ1v) is 9.59. The van der Waals surface area contributed by atoms with Gasteiger partial charge in [-0.25, -0.2) is 0 Å². The number of aliphatic carboxylic acids is 1. The number of carbonyl (C=O) groups is 2. The molecule has 0 spiro atoms. The van der Waals surface area contributed by atoms with E-state index in [1.807, 2.05) is 20.8 Å². The van der Waals surface area contributed by atoms with Gasteiger partial charge in [-0.05, 0) is 57.3 Å². The monoisotopic (exact) mass is 340 g/mol. The van der Waals surface area contributed by atoms with Gasteiger partial charge >= 0.3 is 11.9 Å². The van der Waals surface area contributed by atoms with Gasteiger partial charge in [-0.15, -0.1) is 0 Å². The molecule has 1 saturated carbocycles. The average molecular weight is 341 g/mol. The molecule has 24 heavy (non-hydrogen) atoms. The molecular formula is C20H36O4. The normalized spacial score (nSPS) is 27.5. The second-order valence-corrected chi connectivity index (χ2v) is 8.37. The third kappa shape index (κ3) is 4.31. The SMILES string of the molecule is CCCCC1C(C(C)C)CCC1(C(=O)O)C(=O)OC(C)(C)CCC. The minimum atomic E-state index is -1.37. The van der Waals surface area contributed by atoms with Crippen LogP contribution in [0.3, 0.4) is 0 Å². The molecule has 0 saturated heterocycles. The van der Waals surface area contributed by atoms with Crippen LogP contribution in [0.4, 0.5) is 0 Å². The first kappa shape index (κ1) is 21.0. The zero-order valence-electron chi connectivity index (χ0n) is 16.4. The lowest BCUT2D eigenvalue weighted by Gasteiger charge is -2.36. The molecule has 0 aromatic carbocycles. The summed E-state index contributed by atoms with van der Waals surface area (Å²) in [5, 5.41) is 10.0. The molecule has 1 N–H and O–H groups in total. The van der Waals surface area contributed by atoms with Crippen molar-refractivity contribution in [1.29, 1.82) is 0 Å². The van der Waals surface area contributed by atoms with Gasteiger partial charge in [0, 0.05) is 0 Å². The van der Waals surface area contributed by atoms with Crippen molar-refractivity contribution in [3.63, 3.8) is 0 Å². The standard InChI is InChI=1S/C20H36O4/c1-7-9-10-16-15(14(3)4)11-13-20(16,17(21)22)18(23)24-19(5,6)12-8-2/h14-16H,7-13H2,1-6H3,(H,21,22). The molecule has 1 aliphatic rings. The van der Waals surface area contributed by atoms with Crippen LogP contribution in [0.1, 0.15) is 86.5 Å². The van der Waals surface area contributed by atoms with Gasteiger partial charge < -0.3 is 9.84 Å². The summed E-state index contributed by atoms with van der Waals surface area (Å²) in [5.74, 6) is -0.986. The molecule has 140 valence electrons. The van der Waals surface area contributed by atoms with Gasteiger partial charge in [0.1, 0.15) is 5.60 Å². The predicted molar refractivity (Wildman–Crippen MR) is 95.7 cm³/mol. The van der Waals surface area contributed by atoms with Gasteiger partial charge in [-0.2, -0.15) is 0 Å². The number of ether oxygens (including phenoxy) is 1. The van der Waals surface area contributed by atoms with Crippen LogP contribution in [0, 0.1) is 23.2 Å². The number of carbonyl (C=O) groups excluding carboxylic acids is 1. The van der Waals surface area contributed by atoms with Gasteiger partial charge in [-0.3, -0.25) is 9.59 Å². The highest BCUT2D eigenvalue weighted by molar-refractivity contribution is 6.00. The molecule has 4 heteroatoms. The molecule has 3 unspecified atom stereocenters. The molecule has 0 aromatic heterocycles. The first-order valence-electron chi connectivity index (χ1n) is 9.59. The topological polar surface area (TPSA) is 63.6 Å². The number of esters is 1. The lowest BCUT2D eigenvalue weighted by Crippen LogP contribution is -2.48. The first-order chi connectivity index (χ1) is 11.1. The summed E-state index contributed by atoms with van der Waals surface area (Å²) >= 11 is 0. The van der Waals surface area contributed by atoms with Gasteiger partial charge in [0.25, 0.3) is 0 Å². The fourth-order valence-electron chi connectivity index (χ4n) is 4.43. The lowest BCUT2D eigenvalue weighted by atomic mass is 9.70. The minimum Gasteiger partial charge on any atom is -0.480 e. The van der Waals surface area contributed by atoms with E-state index >= 15 is 0 Å².